The van der Waals surface area contributed by atoms with Gasteiger partial charge in [-0.15, -0.1) is 0 Å². The molecule has 174 valence electrons. The number of aromatic nitrogens is 2. The lowest BCUT2D eigenvalue weighted by atomic mass is 10.00. The van der Waals surface area contributed by atoms with Crippen LogP contribution in [0, 0.1) is 18.3 Å². The number of nitrogens with zero attached hydrogens (tertiary/aromatic N) is 4. The molecule has 1 saturated heterocycles. The Morgan fingerprint density at radius 3 is 2.46 bits per heavy atom. The number of fused-ring (bicyclic) bond motifs is 1. The number of hydrogen-bond donors (Lipinski definition) is 0. The summed E-state index contributed by atoms with van der Waals surface area (Å²) in [5, 5.41) is 16.2. The Morgan fingerprint density at radius 1 is 1.03 bits per heavy atom. The Morgan fingerprint density at radius 2 is 1.77 bits per heavy atom. The molecule has 0 radical (unpaired) electrons. The van der Waals surface area contributed by atoms with Gasteiger partial charge in [-0.3, -0.25) is 4.79 Å². The molecule has 0 atom stereocenters. The highest BCUT2D eigenvalue weighted by Gasteiger charge is 2.21. The summed E-state index contributed by atoms with van der Waals surface area (Å²) in [5.74, 6) is 0. The maximum Gasteiger partial charge on any atom is 0.279 e. The monoisotopic (exact) mass is 462 g/mol. The summed E-state index contributed by atoms with van der Waals surface area (Å²) in [7, 11) is 0. The summed E-state index contributed by atoms with van der Waals surface area (Å²) < 4.78 is 6.97. The minimum absolute atomic E-state index is 0.211. The van der Waals surface area contributed by atoms with Crippen LogP contribution in [0.25, 0.3) is 33.3 Å². The highest BCUT2D eigenvalue weighted by Crippen LogP contribution is 2.32. The van der Waals surface area contributed by atoms with Crippen LogP contribution >= 0.6 is 0 Å². The van der Waals surface area contributed by atoms with E-state index >= 15 is 0 Å². The Bertz CT molecular complexity index is 1560. The molecule has 5 rings (SSSR count). The van der Waals surface area contributed by atoms with Crippen molar-refractivity contribution < 1.29 is 4.74 Å². The molecule has 0 aliphatic carbocycles. The Labute approximate surface area is 204 Å². The minimum Gasteiger partial charge on any atom is -0.378 e. The first-order chi connectivity index (χ1) is 17.0. The molecule has 35 heavy (non-hydrogen) atoms. The minimum atomic E-state index is -0.211. The molecule has 0 amide bonds. The fraction of sp³-hybridized carbons (Fsp3) is 0.207. The lowest BCUT2D eigenvalue weighted by molar-refractivity contribution is 0.122. The zero-order valence-electron chi connectivity index (χ0n) is 19.9. The van der Waals surface area contributed by atoms with Crippen molar-refractivity contribution in [2.45, 2.75) is 13.8 Å². The fourth-order valence-corrected chi connectivity index (χ4v) is 4.61. The summed E-state index contributed by atoms with van der Waals surface area (Å²) in [5.41, 5.74) is 5.98. The van der Waals surface area contributed by atoms with Crippen molar-refractivity contribution in [2.75, 3.05) is 31.2 Å². The van der Waals surface area contributed by atoms with Crippen LogP contribution < -0.4 is 10.5 Å². The van der Waals surface area contributed by atoms with Crippen LogP contribution in [0.5, 0.6) is 0 Å². The summed E-state index contributed by atoms with van der Waals surface area (Å²) in [6.07, 6.45) is 0. The van der Waals surface area contributed by atoms with E-state index in [1.54, 1.807) is 0 Å². The van der Waals surface area contributed by atoms with Gasteiger partial charge in [0.1, 0.15) is 6.07 Å². The van der Waals surface area contributed by atoms with E-state index < -0.39 is 0 Å². The van der Waals surface area contributed by atoms with E-state index in [1.807, 2.05) is 68.4 Å². The standard InChI is InChI=1S/C29H26N4O2/c1-19(2)25-16-22(18-30)26(32-11-13-35-14-12-32)17-27(25)33-29(34)24-10-5-4-9-23(24)28(31-33)21-8-6-7-20(3)15-21/h4-10,15-17H,1,11-14H2,2-3H3. The van der Waals surface area contributed by atoms with Crippen molar-refractivity contribution in [3.05, 3.63) is 94.3 Å². The van der Waals surface area contributed by atoms with Gasteiger partial charge in [0.15, 0.2) is 0 Å². The van der Waals surface area contributed by atoms with Crippen LogP contribution in [0.2, 0.25) is 0 Å². The predicted octanol–water partition coefficient (Wildman–Crippen LogP) is 5.10. The van der Waals surface area contributed by atoms with Gasteiger partial charge >= 0.3 is 0 Å². The quantitative estimate of drug-likeness (QED) is 0.422. The number of nitriles is 1. The Balaban J connectivity index is 1.83. The Kier molecular flexibility index (Phi) is 5.94. The van der Waals surface area contributed by atoms with Crippen LogP contribution in [-0.4, -0.2) is 36.1 Å². The molecule has 3 aromatic carbocycles. The van der Waals surface area contributed by atoms with Crippen molar-refractivity contribution >= 4 is 22.0 Å². The van der Waals surface area contributed by atoms with Gasteiger partial charge in [-0.2, -0.15) is 15.0 Å². The number of anilines is 1. The largest absolute Gasteiger partial charge is 0.378 e. The third-order valence-electron chi connectivity index (χ3n) is 6.37. The molecule has 1 aliphatic heterocycles. The zero-order chi connectivity index (χ0) is 24.5. The van der Waals surface area contributed by atoms with Crippen molar-refractivity contribution in [1.82, 2.24) is 9.78 Å². The van der Waals surface area contributed by atoms with E-state index in [9.17, 15) is 10.1 Å². The molecule has 1 aromatic heterocycles. The highest BCUT2D eigenvalue weighted by molar-refractivity contribution is 5.94. The number of rotatable bonds is 4. The fourth-order valence-electron chi connectivity index (χ4n) is 4.61. The van der Waals surface area contributed by atoms with E-state index in [0.29, 0.717) is 42.9 Å². The Hall–Kier alpha value is -4.21. The van der Waals surface area contributed by atoms with Gasteiger partial charge in [0.2, 0.25) is 0 Å². The molecule has 0 spiro atoms. The van der Waals surface area contributed by atoms with Gasteiger partial charge in [-0.25, -0.2) is 0 Å². The molecular weight excluding hydrogens is 436 g/mol. The van der Waals surface area contributed by atoms with Gasteiger partial charge in [0, 0.05) is 29.6 Å². The van der Waals surface area contributed by atoms with Crippen LogP contribution in [0.4, 0.5) is 5.69 Å². The summed E-state index contributed by atoms with van der Waals surface area (Å²) >= 11 is 0. The third kappa shape index (κ3) is 4.11. The zero-order valence-corrected chi connectivity index (χ0v) is 19.9. The second-order valence-corrected chi connectivity index (χ2v) is 8.86. The van der Waals surface area contributed by atoms with E-state index in [-0.39, 0.29) is 5.56 Å². The van der Waals surface area contributed by atoms with Crippen molar-refractivity contribution in [2.24, 2.45) is 0 Å². The molecule has 6 nitrogen and oxygen atoms in total. The number of hydrogen-bond acceptors (Lipinski definition) is 5. The van der Waals surface area contributed by atoms with E-state index in [4.69, 9.17) is 9.84 Å². The second kappa shape index (κ2) is 9.21. The predicted molar refractivity (Wildman–Crippen MR) is 140 cm³/mol. The molecular formula is C29H26N4O2. The normalized spacial score (nSPS) is 13.6. The molecule has 0 saturated carbocycles. The summed E-state index contributed by atoms with van der Waals surface area (Å²) in [4.78, 5) is 15.9. The molecule has 0 unspecified atom stereocenters. The number of aryl methyl sites for hydroxylation is 1. The SMILES string of the molecule is C=C(C)c1cc(C#N)c(N2CCOCC2)cc1-n1nc(-c2cccc(C)c2)c2ccccc2c1=O. The maximum atomic E-state index is 13.8. The lowest BCUT2D eigenvalue weighted by Gasteiger charge is -2.30. The van der Waals surface area contributed by atoms with Gasteiger partial charge in [0.05, 0.1) is 41.2 Å². The number of benzene rings is 3. The maximum absolute atomic E-state index is 13.8. The summed E-state index contributed by atoms with van der Waals surface area (Å²) in [6, 6.07) is 21.7. The average molecular weight is 463 g/mol. The van der Waals surface area contributed by atoms with Crippen molar-refractivity contribution in [1.29, 1.82) is 5.26 Å². The molecule has 6 heteroatoms. The van der Waals surface area contributed by atoms with Gasteiger partial charge in [-0.1, -0.05) is 48.5 Å². The van der Waals surface area contributed by atoms with Crippen LogP contribution in [0.1, 0.15) is 23.6 Å². The molecule has 2 heterocycles. The van der Waals surface area contributed by atoms with Gasteiger partial charge in [-0.05, 0) is 43.7 Å². The summed E-state index contributed by atoms with van der Waals surface area (Å²) in [6.45, 7) is 10.6. The average Bonchev–Trinajstić information content (AvgIpc) is 2.89. The third-order valence-corrected chi connectivity index (χ3v) is 6.37. The first-order valence-corrected chi connectivity index (χ1v) is 11.6. The number of morpholine rings is 1. The molecule has 0 bridgehead atoms. The van der Waals surface area contributed by atoms with E-state index in [2.05, 4.69) is 23.6 Å². The molecule has 1 fully saturated rings. The van der Waals surface area contributed by atoms with Gasteiger partial charge < -0.3 is 9.64 Å². The van der Waals surface area contributed by atoms with Crippen LogP contribution in [0.15, 0.2) is 72.0 Å². The lowest BCUT2D eigenvalue weighted by Crippen LogP contribution is -2.37. The molecule has 4 aromatic rings. The topological polar surface area (TPSA) is 71.2 Å². The number of ether oxygens (including phenoxy) is 1. The van der Waals surface area contributed by atoms with Crippen LogP contribution in [0.3, 0.4) is 0 Å². The number of allylic oxidation sites excluding steroid dienone is 1. The molecule has 1 aliphatic rings. The van der Waals surface area contributed by atoms with E-state index in [0.717, 1.165) is 39.0 Å². The molecule has 0 N–H and O–H groups in total. The highest BCUT2D eigenvalue weighted by atomic mass is 16.5. The smallest absolute Gasteiger partial charge is 0.279 e. The first-order valence-electron chi connectivity index (χ1n) is 11.6. The van der Waals surface area contributed by atoms with Crippen LogP contribution in [-0.2, 0) is 4.74 Å². The van der Waals surface area contributed by atoms with Crippen molar-refractivity contribution in [3.8, 4) is 23.0 Å². The van der Waals surface area contributed by atoms with Gasteiger partial charge in [0.25, 0.3) is 5.56 Å². The van der Waals surface area contributed by atoms with Crippen molar-refractivity contribution in [3.63, 3.8) is 0 Å². The first kappa shape index (κ1) is 22.6. The van der Waals surface area contributed by atoms with E-state index in [1.165, 1.54) is 4.68 Å². The second-order valence-electron chi connectivity index (χ2n) is 8.86.